The maximum atomic E-state index is 12.8. The van der Waals surface area contributed by atoms with Crippen LogP contribution >= 0.6 is 12.2 Å². The van der Waals surface area contributed by atoms with Crippen LogP contribution in [0.1, 0.15) is 31.7 Å². The molecule has 2 rings (SSSR count). The summed E-state index contributed by atoms with van der Waals surface area (Å²) in [6.07, 6.45) is 3.01. The molecule has 1 unspecified atom stereocenters. The van der Waals surface area contributed by atoms with Crippen molar-refractivity contribution < 1.29 is 8.42 Å². The fraction of sp³-hybridized carbons (Fsp3) is 0.500. The average molecular weight is 312 g/mol. The minimum atomic E-state index is -3.51. The smallest absolute Gasteiger partial charge is 0.243 e. The van der Waals surface area contributed by atoms with Crippen LogP contribution in [-0.4, -0.2) is 30.8 Å². The molecule has 1 fully saturated rings. The molecule has 1 aliphatic heterocycles. The lowest BCUT2D eigenvalue weighted by Gasteiger charge is -2.31. The molecule has 110 valence electrons. The van der Waals surface area contributed by atoms with Gasteiger partial charge in [-0.1, -0.05) is 43.8 Å². The van der Waals surface area contributed by atoms with Crippen LogP contribution in [0.15, 0.2) is 29.2 Å². The minimum Gasteiger partial charge on any atom is -0.389 e. The third-order valence-electron chi connectivity index (χ3n) is 3.83. The van der Waals surface area contributed by atoms with Gasteiger partial charge < -0.3 is 5.73 Å². The molecule has 1 aliphatic rings. The molecule has 0 aliphatic carbocycles. The lowest BCUT2D eigenvalue weighted by atomic mass is 9.97. The lowest BCUT2D eigenvalue weighted by molar-refractivity contribution is 0.261. The van der Waals surface area contributed by atoms with Gasteiger partial charge in [-0.3, -0.25) is 0 Å². The molecule has 1 atom stereocenters. The lowest BCUT2D eigenvalue weighted by Crippen LogP contribution is -2.40. The van der Waals surface area contributed by atoms with E-state index in [1.54, 1.807) is 28.6 Å². The second-order valence-electron chi connectivity index (χ2n) is 5.14. The van der Waals surface area contributed by atoms with E-state index in [1.807, 2.05) is 0 Å². The van der Waals surface area contributed by atoms with E-state index in [1.165, 1.54) is 0 Å². The number of benzene rings is 1. The summed E-state index contributed by atoms with van der Waals surface area (Å²) in [5.41, 5.74) is 6.07. The first-order valence-electron chi connectivity index (χ1n) is 6.85. The third kappa shape index (κ3) is 3.02. The van der Waals surface area contributed by atoms with E-state index in [4.69, 9.17) is 18.0 Å². The van der Waals surface area contributed by atoms with Gasteiger partial charge in [0.2, 0.25) is 10.0 Å². The predicted molar refractivity (Wildman–Crippen MR) is 84.1 cm³/mol. The summed E-state index contributed by atoms with van der Waals surface area (Å²) in [5.74, 6) is 0.440. The Morgan fingerprint density at radius 1 is 1.45 bits per heavy atom. The molecule has 6 heteroatoms. The van der Waals surface area contributed by atoms with Gasteiger partial charge in [0.15, 0.2) is 0 Å². The van der Waals surface area contributed by atoms with Crippen molar-refractivity contribution in [1.82, 2.24) is 4.31 Å². The van der Waals surface area contributed by atoms with Crippen LogP contribution in [0.25, 0.3) is 0 Å². The molecular weight excluding hydrogens is 292 g/mol. The summed E-state index contributed by atoms with van der Waals surface area (Å²) >= 11 is 4.96. The molecule has 0 aromatic heterocycles. The molecule has 1 saturated heterocycles. The van der Waals surface area contributed by atoms with Crippen molar-refractivity contribution in [2.24, 2.45) is 11.7 Å². The summed E-state index contributed by atoms with van der Waals surface area (Å²) in [7, 11) is -3.51. The molecular formula is C14H20N2O2S2. The van der Waals surface area contributed by atoms with Crippen molar-refractivity contribution in [3.63, 3.8) is 0 Å². The van der Waals surface area contributed by atoms with Gasteiger partial charge in [-0.25, -0.2) is 8.42 Å². The van der Waals surface area contributed by atoms with Gasteiger partial charge in [0, 0.05) is 18.7 Å². The molecule has 1 heterocycles. The first-order valence-corrected chi connectivity index (χ1v) is 8.70. The highest BCUT2D eigenvalue weighted by Crippen LogP contribution is 2.26. The highest BCUT2D eigenvalue weighted by molar-refractivity contribution is 7.89. The van der Waals surface area contributed by atoms with Crippen molar-refractivity contribution in [2.45, 2.75) is 31.1 Å². The predicted octanol–water partition coefficient (Wildman–Crippen LogP) is 2.13. The summed E-state index contributed by atoms with van der Waals surface area (Å²) in [4.78, 5) is 0.345. The van der Waals surface area contributed by atoms with Crippen LogP contribution in [0.5, 0.6) is 0 Å². The van der Waals surface area contributed by atoms with E-state index in [9.17, 15) is 8.42 Å². The molecule has 0 radical (unpaired) electrons. The number of nitrogens with two attached hydrogens (primary N) is 1. The van der Waals surface area contributed by atoms with Crippen LogP contribution in [0.4, 0.5) is 0 Å². The largest absolute Gasteiger partial charge is 0.389 e. The summed E-state index contributed by atoms with van der Waals surface area (Å²) in [6, 6.07) is 6.70. The van der Waals surface area contributed by atoms with Gasteiger partial charge in [-0.15, -0.1) is 0 Å². The Morgan fingerprint density at radius 2 is 2.15 bits per heavy atom. The second-order valence-corrected chi connectivity index (χ2v) is 7.49. The molecule has 4 nitrogen and oxygen atoms in total. The minimum absolute atomic E-state index is 0.119. The molecule has 0 saturated carbocycles. The third-order valence-corrected chi connectivity index (χ3v) is 5.97. The van der Waals surface area contributed by atoms with Crippen LogP contribution < -0.4 is 5.73 Å². The Morgan fingerprint density at radius 3 is 2.80 bits per heavy atom. The van der Waals surface area contributed by atoms with Crippen molar-refractivity contribution in [3.05, 3.63) is 29.8 Å². The van der Waals surface area contributed by atoms with Gasteiger partial charge in [-0.05, 0) is 24.8 Å². The zero-order chi connectivity index (χ0) is 14.8. The van der Waals surface area contributed by atoms with Gasteiger partial charge in [-0.2, -0.15) is 4.31 Å². The van der Waals surface area contributed by atoms with Crippen LogP contribution in [0.3, 0.4) is 0 Å². The summed E-state index contributed by atoms with van der Waals surface area (Å²) in [6.45, 7) is 3.26. The number of nitrogens with zero attached hydrogens (tertiary/aromatic N) is 1. The topological polar surface area (TPSA) is 63.4 Å². The number of rotatable bonds is 4. The zero-order valence-corrected chi connectivity index (χ0v) is 13.2. The van der Waals surface area contributed by atoms with Crippen LogP contribution in [0, 0.1) is 5.92 Å². The zero-order valence-electron chi connectivity index (χ0n) is 11.6. The van der Waals surface area contributed by atoms with Gasteiger partial charge in [0.25, 0.3) is 0 Å². The van der Waals surface area contributed by atoms with E-state index in [2.05, 4.69) is 6.92 Å². The number of sulfonamides is 1. The van der Waals surface area contributed by atoms with E-state index < -0.39 is 10.0 Å². The monoisotopic (exact) mass is 312 g/mol. The average Bonchev–Trinajstić information content (AvgIpc) is 2.47. The Hall–Kier alpha value is -0.980. The van der Waals surface area contributed by atoms with Crippen molar-refractivity contribution in [2.75, 3.05) is 13.1 Å². The highest BCUT2D eigenvalue weighted by Gasteiger charge is 2.31. The van der Waals surface area contributed by atoms with Crippen molar-refractivity contribution in [3.8, 4) is 0 Å². The summed E-state index contributed by atoms with van der Waals surface area (Å²) < 4.78 is 27.1. The molecule has 2 N–H and O–H groups in total. The van der Waals surface area contributed by atoms with Gasteiger partial charge in [0.1, 0.15) is 4.99 Å². The van der Waals surface area contributed by atoms with E-state index in [0.717, 1.165) is 19.3 Å². The standard InChI is InChI=1S/C14H20N2O2S2/c1-2-11-6-5-9-16(10-11)20(17,18)13-8-4-3-7-12(13)14(15)19/h3-4,7-8,11H,2,5-6,9-10H2,1H3,(H2,15,19). The SMILES string of the molecule is CCC1CCCN(S(=O)(=O)c2ccccc2C(N)=S)C1. The van der Waals surface area contributed by atoms with E-state index >= 15 is 0 Å². The number of thiocarbonyl (C=S) groups is 1. The molecule has 0 spiro atoms. The fourth-order valence-corrected chi connectivity index (χ4v) is 4.62. The van der Waals surface area contributed by atoms with E-state index in [-0.39, 0.29) is 9.88 Å². The van der Waals surface area contributed by atoms with E-state index in [0.29, 0.717) is 24.6 Å². The number of hydrogen-bond acceptors (Lipinski definition) is 3. The van der Waals surface area contributed by atoms with Crippen molar-refractivity contribution >= 4 is 27.2 Å². The normalized spacial score (nSPS) is 20.8. The number of piperidine rings is 1. The molecule has 20 heavy (non-hydrogen) atoms. The maximum absolute atomic E-state index is 12.8. The summed E-state index contributed by atoms with van der Waals surface area (Å²) in [5, 5.41) is 0. The van der Waals surface area contributed by atoms with Crippen molar-refractivity contribution in [1.29, 1.82) is 0 Å². The molecule has 1 aromatic carbocycles. The Labute approximate surface area is 126 Å². The van der Waals surface area contributed by atoms with Gasteiger partial charge in [0.05, 0.1) is 4.90 Å². The van der Waals surface area contributed by atoms with Crippen LogP contribution in [0.2, 0.25) is 0 Å². The Bertz CT molecular complexity index is 599. The first kappa shape index (κ1) is 15.4. The molecule has 0 amide bonds. The molecule has 0 bridgehead atoms. The maximum Gasteiger partial charge on any atom is 0.243 e. The molecule has 1 aromatic rings. The quantitative estimate of drug-likeness (QED) is 0.865. The van der Waals surface area contributed by atoms with Gasteiger partial charge >= 0.3 is 0 Å². The Kier molecular flexibility index (Phi) is 4.78. The number of hydrogen-bond donors (Lipinski definition) is 1. The Balaban J connectivity index is 2.38. The highest BCUT2D eigenvalue weighted by atomic mass is 32.2. The second kappa shape index (κ2) is 6.20. The first-order chi connectivity index (χ1) is 9.46. The van der Waals surface area contributed by atoms with Crippen LogP contribution in [-0.2, 0) is 10.0 Å². The fourth-order valence-electron chi connectivity index (χ4n) is 2.61.